The maximum Gasteiger partial charge on any atom is 0.213 e. The first-order chi connectivity index (χ1) is 17.5. The highest BCUT2D eigenvalue weighted by Gasteiger charge is 2.26. The summed E-state index contributed by atoms with van der Waals surface area (Å²) in [6, 6.07) is 10.5. The molecular weight excluding hydrogens is 496 g/mol. The lowest BCUT2D eigenvalue weighted by atomic mass is 10.1. The smallest absolute Gasteiger partial charge is 0.213 e. The Morgan fingerprint density at radius 1 is 1.03 bits per heavy atom. The largest absolute Gasteiger partial charge is 0.378 e. The molecule has 4 aromatic rings. The molecule has 2 aliphatic rings. The van der Waals surface area contributed by atoms with E-state index in [9.17, 15) is 8.42 Å². The highest BCUT2D eigenvalue weighted by Crippen LogP contribution is 2.36. The van der Waals surface area contributed by atoms with E-state index in [0.29, 0.717) is 26.3 Å². The second-order valence-corrected chi connectivity index (χ2v) is 12.6. The Morgan fingerprint density at radius 3 is 2.61 bits per heavy atom. The zero-order valence-corrected chi connectivity index (χ0v) is 21.9. The molecule has 0 amide bonds. The summed E-state index contributed by atoms with van der Waals surface area (Å²) in [5.74, 6) is 1.86. The molecule has 0 bridgehead atoms. The van der Waals surface area contributed by atoms with Gasteiger partial charge in [0.15, 0.2) is 5.82 Å². The normalized spacial score (nSPS) is 18.4. The molecule has 36 heavy (non-hydrogen) atoms. The predicted molar refractivity (Wildman–Crippen MR) is 144 cm³/mol. The number of nitrogens with zero attached hydrogens (tertiary/aromatic N) is 5. The Kier molecular flexibility index (Phi) is 6.42. The Labute approximate surface area is 214 Å². The molecule has 6 rings (SSSR count). The van der Waals surface area contributed by atoms with Crippen LogP contribution in [0.15, 0.2) is 36.5 Å². The average Bonchev–Trinajstić information content (AvgIpc) is 3.55. The van der Waals surface area contributed by atoms with Crippen molar-refractivity contribution in [2.24, 2.45) is 0 Å². The first-order valence-electron chi connectivity index (χ1n) is 12.4. The van der Waals surface area contributed by atoms with Crippen LogP contribution in [0.1, 0.15) is 11.8 Å². The van der Waals surface area contributed by atoms with Crippen molar-refractivity contribution in [3.8, 4) is 11.4 Å². The van der Waals surface area contributed by atoms with Gasteiger partial charge in [-0.3, -0.25) is 4.90 Å². The Balaban J connectivity index is 1.33. The van der Waals surface area contributed by atoms with E-state index in [1.807, 2.05) is 12.3 Å². The number of aromatic nitrogens is 3. The third kappa shape index (κ3) is 4.50. The van der Waals surface area contributed by atoms with Crippen molar-refractivity contribution in [3.05, 3.63) is 41.4 Å². The molecule has 9 nitrogen and oxygen atoms in total. The summed E-state index contributed by atoms with van der Waals surface area (Å²) in [5, 5.41) is 2.19. The van der Waals surface area contributed by atoms with Crippen molar-refractivity contribution in [2.45, 2.75) is 13.5 Å². The number of fused-ring (bicyclic) bond motifs is 2. The van der Waals surface area contributed by atoms with Crippen LogP contribution < -0.4 is 4.90 Å². The number of anilines is 1. The van der Waals surface area contributed by atoms with Gasteiger partial charge < -0.3 is 14.6 Å². The Hall–Kier alpha value is -2.57. The standard InChI is InChI=1S/C25H30N6O3S2/c1-2-36(32,33)31-10-8-29(9-11-31)17-18-16-21-24(30-12-14-34-15-13-30)27-23(28-25(21)35-18)20-4-3-5-22-19(20)6-7-26-22/h3-7,16,26H,2,8-15,17H2,1H3. The van der Waals surface area contributed by atoms with Gasteiger partial charge in [0.05, 0.1) is 24.4 Å². The van der Waals surface area contributed by atoms with E-state index >= 15 is 0 Å². The van der Waals surface area contributed by atoms with Gasteiger partial charge in [0.1, 0.15) is 10.6 Å². The molecule has 5 heterocycles. The van der Waals surface area contributed by atoms with E-state index < -0.39 is 10.0 Å². The summed E-state index contributed by atoms with van der Waals surface area (Å²) in [6.07, 6.45) is 1.95. The minimum Gasteiger partial charge on any atom is -0.378 e. The second kappa shape index (κ2) is 9.71. The van der Waals surface area contributed by atoms with E-state index in [1.54, 1.807) is 22.6 Å². The number of sulfonamides is 1. The van der Waals surface area contributed by atoms with Crippen LogP contribution in [0.25, 0.3) is 32.5 Å². The van der Waals surface area contributed by atoms with Crippen LogP contribution >= 0.6 is 11.3 Å². The number of hydrogen-bond donors (Lipinski definition) is 1. The van der Waals surface area contributed by atoms with Crippen LogP contribution in [-0.2, 0) is 21.3 Å². The Bertz CT molecular complexity index is 1480. The van der Waals surface area contributed by atoms with E-state index in [0.717, 1.165) is 71.0 Å². The first-order valence-corrected chi connectivity index (χ1v) is 14.8. The maximum atomic E-state index is 12.2. The SMILES string of the molecule is CCS(=O)(=O)N1CCN(Cc2cc3c(N4CCOCC4)nc(-c4cccc5[nH]ccc45)nc3s2)CC1. The maximum absolute atomic E-state index is 12.2. The van der Waals surface area contributed by atoms with Gasteiger partial charge >= 0.3 is 0 Å². The summed E-state index contributed by atoms with van der Waals surface area (Å²) in [5.41, 5.74) is 2.09. The van der Waals surface area contributed by atoms with Crippen molar-refractivity contribution in [1.29, 1.82) is 0 Å². The number of rotatable bonds is 6. The molecule has 1 N–H and O–H groups in total. The number of hydrogen-bond acceptors (Lipinski definition) is 8. The van der Waals surface area contributed by atoms with Crippen molar-refractivity contribution >= 4 is 48.3 Å². The van der Waals surface area contributed by atoms with Gasteiger partial charge in [-0.15, -0.1) is 11.3 Å². The summed E-state index contributed by atoms with van der Waals surface area (Å²) in [7, 11) is -3.13. The molecule has 11 heteroatoms. The van der Waals surface area contributed by atoms with Gasteiger partial charge in [0.2, 0.25) is 10.0 Å². The number of morpholine rings is 1. The Morgan fingerprint density at radius 2 is 1.83 bits per heavy atom. The number of ether oxygens (including phenoxy) is 1. The fraction of sp³-hybridized carbons (Fsp3) is 0.440. The van der Waals surface area contributed by atoms with Gasteiger partial charge in [-0.25, -0.2) is 18.4 Å². The highest BCUT2D eigenvalue weighted by atomic mass is 32.2. The minimum atomic E-state index is -3.13. The summed E-state index contributed by atoms with van der Waals surface area (Å²) >= 11 is 1.71. The van der Waals surface area contributed by atoms with Crippen molar-refractivity contribution in [3.63, 3.8) is 0 Å². The van der Waals surface area contributed by atoms with E-state index in [-0.39, 0.29) is 5.75 Å². The first kappa shape index (κ1) is 23.8. The van der Waals surface area contributed by atoms with Crippen LogP contribution in [0.2, 0.25) is 0 Å². The lowest BCUT2D eigenvalue weighted by Gasteiger charge is -2.33. The number of nitrogens with one attached hydrogen (secondary N) is 1. The molecule has 190 valence electrons. The lowest BCUT2D eigenvalue weighted by Crippen LogP contribution is -2.48. The van der Waals surface area contributed by atoms with E-state index in [2.05, 4.69) is 39.0 Å². The second-order valence-electron chi connectivity index (χ2n) is 9.22. The topological polar surface area (TPSA) is 94.7 Å². The number of H-pyrrole nitrogens is 1. The third-order valence-electron chi connectivity index (χ3n) is 7.04. The minimum absolute atomic E-state index is 0.158. The van der Waals surface area contributed by atoms with E-state index in [1.165, 1.54) is 4.88 Å². The van der Waals surface area contributed by atoms with Crippen molar-refractivity contribution < 1.29 is 13.2 Å². The van der Waals surface area contributed by atoms with Crippen LogP contribution in [-0.4, -0.2) is 90.8 Å². The predicted octanol–water partition coefficient (Wildman–Crippen LogP) is 3.14. The van der Waals surface area contributed by atoms with Gasteiger partial charge in [0, 0.05) is 73.4 Å². The molecule has 2 saturated heterocycles. The molecule has 0 spiro atoms. The summed E-state index contributed by atoms with van der Waals surface area (Å²) in [4.78, 5) is 20.2. The van der Waals surface area contributed by atoms with Gasteiger partial charge in [-0.1, -0.05) is 12.1 Å². The third-order valence-corrected chi connectivity index (χ3v) is 9.93. The molecule has 0 atom stereocenters. The lowest BCUT2D eigenvalue weighted by molar-refractivity contribution is 0.122. The fourth-order valence-corrected chi connectivity index (χ4v) is 7.17. The molecule has 1 aromatic carbocycles. The fourth-order valence-electron chi connectivity index (χ4n) is 5.02. The number of aromatic amines is 1. The number of thiophene rings is 1. The molecule has 2 aliphatic heterocycles. The van der Waals surface area contributed by atoms with Crippen molar-refractivity contribution in [1.82, 2.24) is 24.2 Å². The van der Waals surface area contributed by atoms with Crippen LogP contribution in [0.3, 0.4) is 0 Å². The van der Waals surface area contributed by atoms with Crippen LogP contribution in [0, 0.1) is 0 Å². The monoisotopic (exact) mass is 526 g/mol. The molecule has 2 fully saturated rings. The molecule has 0 aliphatic carbocycles. The summed E-state index contributed by atoms with van der Waals surface area (Å²) in [6.45, 7) is 8.04. The highest BCUT2D eigenvalue weighted by molar-refractivity contribution is 7.89. The van der Waals surface area contributed by atoms with Crippen LogP contribution in [0.4, 0.5) is 5.82 Å². The molecule has 0 unspecified atom stereocenters. The van der Waals surface area contributed by atoms with Gasteiger partial charge in [-0.2, -0.15) is 4.31 Å². The number of benzene rings is 1. The molecule has 0 saturated carbocycles. The number of piperazine rings is 1. The van der Waals surface area contributed by atoms with Crippen LogP contribution in [0.5, 0.6) is 0 Å². The van der Waals surface area contributed by atoms with Gasteiger partial charge in [-0.05, 0) is 25.1 Å². The molecular formula is C25H30N6O3S2. The van der Waals surface area contributed by atoms with E-state index in [4.69, 9.17) is 14.7 Å². The molecule has 3 aromatic heterocycles. The summed E-state index contributed by atoms with van der Waals surface area (Å²) < 4.78 is 31.7. The zero-order valence-electron chi connectivity index (χ0n) is 20.3. The average molecular weight is 527 g/mol. The zero-order chi connectivity index (χ0) is 24.7. The quantitative estimate of drug-likeness (QED) is 0.412. The molecule has 0 radical (unpaired) electrons. The van der Waals surface area contributed by atoms with Crippen molar-refractivity contribution in [2.75, 3.05) is 63.1 Å². The van der Waals surface area contributed by atoms with Gasteiger partial charge in [0.25, 0.3) is 0 Å².